The summed E-state index contributed by atoms with van der Waals surface area (Å²) in [6.07, 6.45) is 8.07. The van der Waals surface area contributed by atoms with E-state index in [4.69, 9.17) is 18.9 Å². The Morgan fingerprint density at radius 3 is 2.68 bits per heavy atom. The van der Waals surface area contributed by atoms with Crippen LogP contribution in [0.4, 0.5) is 0 Å². The summed E-state index contributed by atoms with van der Waals surface area (Å²) in [7, 11) is 2.80. The number of nitrogens with one attached hydrogen (secondary N) is 1. The molecule has 338 valence electrons. The molecule has 4 heterocycles. The van der Waals surface area contributed by atoms with E-state index in [0.29, 0.717) is 54.3 Å². The molecule has 4 aliphatic heterocycles. The number of carboxylic acid groups (broad SMARTS) is 1. The summed E-state index contributed by atoms with van der Waals surface area (Å²) < 4.78 is 24.5. The highest BCUT2D eigenvalue weighted by Crippen LogP contribution is 2.46. The number of hydrogen-bond acceptors (Lipinski definition) is 14. The summed E-state index contributed by atoms with van der Waals surface area (Å²) in [5, 5.41) is 59.6. The van der Waals surface area contributed by atoms with E-state index >= 15 is 0 Å². The number of ether oxygens (including phenoxy) is 4. The van der Waals surface area contributed by atoms with E-state index in [-0.39, 0.29) is 59.6 Å². The second-order valence-electron chi connectivity index (χ2n) is 17.0. The molecule has 2 fully saturated rings. The summed E-state index contributed by atoms with van der Waals surface area (Å²) >= 11 is 0. The molecule has 13 nitrogen and oxygen atoms in total. The first-order valence-corrected chi connectivity index (χ1v) is 24.2. The number of aromatic hydroxyl groups is 1. The number of aliphatic imine (C=N–C) groups is 1. The van der Waals surface area contributed by atoms with Crippen molar-refractivity contribution >= 4 is 57.0 Å². The maximum atomic E-state index is 13.5. The van der Waals surface area contributed by atoms with Gasteiger partial charge < -0.3 is 49.8 Å². The van der Waals surface area contributed by atoms with Crippen molar-refractivity contribution in [3.05, 3.63) is 119 Å². The van der Waals surface area contributed by atoms with Gasteiger partial charge in [0.15, 0.2) is 23.6 Å². The van der Waals surface area contributed by atoms with Gasteiger partial charge in [-0.05, 0) is 89.2 Å². The van der Waals surface area contributed by atoms with Gasteiger partial charge in [0.1, 0.15) is 41.7 Å². The first-order valence-electron chi connectivity index (χ1n) is 21.7. The van der Waals surface area contributed by atoms with Crippen molar-refractivity contribution < 1.29 is 54.1 Å². The summed E-state index contributed by atoms with van der Waals surface area (Å²) in [6, 6.07) is 19.4. The number of rotatable bonds is 7. The van der Waals surface area contributed by atoms with Crippen molar-refractivity contribution in [2.45, 2.75) is 61.3 Å². The van der Waals surface area contributed by atoms with Crippen LogP contribution in [0.2, 0.25) is 0 Å². The zero-order chi connectivity index (χ0) is 45.1. The number of β-amino-alcohol motifs (C(OH)–C–C–N with tert-alkyl or cyclic N) is 1. The number of allylic oxidation sites excluding steroid dienone is 5. The summed E-state index contributed by atoms with van der Waals surface area (Å²) in [4.78, 5) is 30.7. The van der Waals surface area contributed by atoms with E-state index < -0.39 is 42.2 Å². The fourth-order valence-electron chi connectivity index (χ4n) is 9.78. The Hall–Kier alpha value is -5.31. The van der Waals surface area contributed by atoms with Gasteiger partial charge in [-0.1, -0.05) is 82.3 Å². The van der Waals surface area contributed by atoms with Crippen molar-refractivity contribution in [1.29, 1.82) is 0 Å². The van der Waals surface area contributed by atoms with Crippen LogP contribution in [-0.4, -0.2) is 112 Å². The Bertz CT molecular complexity index is 2530. The maximum Gasteiger partial charge on any atom is 0.335 e. The van der Waals surface area contributed by atoms with Gasteiger partial charge >= 0.3 is 5.97 Å². The number of aliphatic hydroxyl groups is 3. The van der Waals surface area contributed by atoms with Crippen molar-refractivity contribution in [2.24, 2.45) is 22.7 Å². The van der Waals surface area contributed by atoms with E-state index in [2.05, 4.69) is 70.7 Å². The molecule has 7 aliphatic rings. The third kappa shape index (κ3) is 8.77. The SMILES string of the molecule is O=CC12OCSSCC(C3=CCN=C3)C(C3CC#CCCC4C=CC(=CC3)c3ccccc34)CNCC1(O)C(Oc1ccc3c(c1)OCC(c1ccc(O)cc1)=C3O)OC(C(=O)O)C2O. The number of carbonyl (C=O) groups excluding carboxylic acids is 1. The Morgan fingerprint density at radius 2 is 1.88 bits per heavy atom. The van der Waals surface area contributed by atoms with Crippen LogP contribution < -0.4 is 14.8 Å². The van der Waals surface area contributed by atoms with E-state index in [0.717, 1.165) is 18.4 Å². The fraction of sp³-hybridized carbons (Fsp3) is 0.380. The number of hydrogen-bond donors (Lipinski definition) is 6. The maximum absolute atomic E-state index is 13.5. The smallest absolute Gasteiger partial charge is 0.335 e. The summed E-state index contributed by atoms with van der Waals surface area (Å²) in [5.41, 5.74) is 1.21. The Kier molecular flexibility index (Phi) is 13.3. The van der Waals surface area contributed by atoms with Crippen LogP contribution in [0.25, 0.3) is 16.9 Å². The number of carboxylic acids is 1. The number of aliphatic carboxylic acids is 1. The van der Waals surface area contributed by atoms with Crippen molar-refractivity contribution in [3.8, 4) is 29.1 Å². The average Bonchev–Trinajstić information content (AvgIpc) is 3.84. The number of aliphatic hydroxyl groups excluding tert-OH is 2. The number of phenolic OH excluding ortho intramolecular Hbond substituents is 1. The molecule has 15 heteroatoms. The van der Waals surface area contributed by atoms with Gasteiger partial charge in [-0.15, -0.1) is 11.8 Å². The third-order valence-corrected chi connectivity index (χ3v) is 15.4. The van der Waals surface area contributed by atoms with E-state index in [1.54, 1.807) is 18.2 Å². The molecule has 3 aromatic rings. The molecule has 3 aliphatic carbocycles. The van der Waals surface area contributed by atoms with Crippen LogP contribution >= 0.6 is 21.6 Å². The van der Waals surface area contributed by atoms with Crippen LogP contribution in [0.1, 0.15) is 53.9 Å². The highest BCUT2D eigenvalue weighted by Gasteiger charge is 2.69. The fourth-order valence-corrected chi connectivity index (χ4v) is 11.9. The van der Waals surface area contributed by atoms with Crippen LogP contribution in [0.3, 0.4) is 0 Å². The van der Waals surface area contributed by atoms with Gasteiger partial charge in [-0.2, -0.15) is 0 Å². The van der Waals surface area contributed by atoms with Crippen LogP contribution in [0.15, 0.2) is 102 Å². The normalized spacial score (nSPS) is 31.3. The van der Waals surface area contributed by atoms with E-state index in [9.17, 15) is 35.1 Å². The summed E-state index contributed by atoms with van der Waals surface area (Å²) in [5.74, 6) is 6.38. The van der Waals surface area contributed by atoms with Gasteiger partial charge in [0.2, 0.25) is 6.29 Å². The monoisotopic (exact) mass is 918 g/mol. The molecule has 0 amide bonds. The second kappa shape index (κ2) is 19.3. The predicted molar refractivity (Wildman–Crippen MR) is 249 cm³/mol. The van der Waals surface area contributed by atoms with Crippen molar-refractivity contribution in [1.82, 2.24) is 5.32 Å². The second-order valence-corrected chi connectivity index (χ2v) is 19.5. The molecule has 0 saturated carbocycles. The van der Waals surface area contributed by atoms with Crippen LogP contribution in [-0.2, 0) is 19.1 Å². The lowest BCUT2D eigenvalue weighted by molar-refractivity contribution is -0.340. The number of benzene rings is 3. The molecular weight excluding hydrogens is 869 g/mol. The third-order valence-electron chi connectivity index (χ3n) is 13.4. The van der Waals surface area contributed by atoms with Crippen molar-refractivity contribution in [2.75, 3.05) is 37.9 Å². The first kappa shape index (κ1) is 44.9. The molecule has 6 N–H and O–H groups in total. The van der Waals surface area contributed by atoms with Crippen molar-refractivity contribution in [3.63, 3.8) is 0 Å². The van der Waals surface area contributed by atoms with E-state index in [1.165, 1.54) is 62.6 Å². The lowest BCUT2D eigenvalue weighted by Gasteiger charge is -2.53. The minimum atomic E-state index is -2.54. The van der Waals surface area contributed by atoms with E-state index in [1.807, 2.05) is 6.21 Å². The molecule has 9 unspecified atom stereocenters. The summed E-state index contributed by atoms with van der Waals surface area (Å²) in [6.45, 7) is 0.444. The lowest BCUT2D eigenvalue weighted by Crippen LogP contribution is -2.80. The zero-order valence-corrected chi connectivity index (χ0v) is 37.0. The highest BCUT2D eigenvalue weighted by molar-refractivity contribution is 8.76. The molecule has 10 rings (SSSR count). The molecule has 3 aromatic carbocycles. The number of aldehydes is 1. The van der Waals surface area contributed by atoms with Gasteiger partial charge in [-0.3, -0.25) is 9.79 Å². The molecule has 0 aromatic heterocycles. The molecule has 0 radical (unpaired) electrons. The molecule has 65 heavy (non-hydrogen) atoms. The van der Waals surface area contributed by atoms with Gasteiger partial charge in [0.05, 0.1) is 12.1 Å². The highest BCUT2D eigenvalue weighted by atomic mass is 33.1. The van der Waals surface area contributed by atoms with Gasteiger partial charge in [0.25, 0.3) is 0 Å². The number of fused-ring (bicyclic) bond motifs is 8. The standard InChI is InChI=1S/C50H50N2O11S2/c53-28-50-46(56)45(47(57)58)63-48(62-36-18-19-39-43(22-36)60-25-41(44(39)55)33-14-16-35(54)17-15-33)49(50,59)27-52-24-40(42(26-64-65-29-61-50)34-20-21-51-23-34)31-7-3-1-2-6-30-10-12-32(13-11-31)38-9-5-4-8-37(30)38/h4-5,8-10,12-20,22-23,28,30-31,40,42,45-46,48,52,54-56,59H,2,6-7,11,21,24-27,29H2,(H,57,58). The largest absolute Gasteiger partial charge is 0.508 e. The number of carbonyl (C=O) groups is 2. The van der Waals surface area contributed by atoms with Gasteiger partial charge in [0, 0.05) is 48.9 Å². The Labute approximate surface area is 384 Å². The quantitative estimate of drug-likeness (QED) is 0.0847. The molecule has 2 bridgehead atoms. The lowest BCUT2D eigenvalue weighted by atomic mass is 9.73. The van der Waals surface area contributed by atoms with Gasteiger partial charge in [-0.25, -0.2) is 4.79 Å². The number of phenols is 1. The zero-order valence-electron chi connectivity index (χ0n) is 35.4. The molecular formula is C50H50N2O11S2. The Morgan fingerprint density at radius 1 is 1.03 bits per heavy atom. The molecule has 9 atom stereocenters. The molecule has 0 spiro atoms. The minimum absolute atomic E-state index is 0.0000283. The topological polar surface area (TPSA) is 197 Å². The van der Waals surface area contributed by atoms with Crippen LogP contribution in [0.5, 0.6) is 17.2 Å². The Balaban J connectivity index is 1.06. The van der Waals surface area contributed by atoms with Crippen LogP contribution in [0, 0.1) is 29.6 Å². The number of nitrogens with zero attached hydrogens (tertiary/aromatic N) is 1. The minimum Gasteiger partial charge on any atom is -0.508 e. The predicted octanol–water partition coefficient (Wildman–Crippen LogP) is 6.56. The molecule has 2 saturated heterocycles. The average molecular weight is 919 g/mol. The first-order chi connectivity index (χ1) is 31.6.